The van der Waals surface area contributed by atoms with Crippen LogP contribution in [-0.2, 0) is 50.5 Å². The fourth-order valence-electron chi connectivity index (χ4n) is 10.00. The summed E-state index contributed by atoms with van der Waals surface area (Å²) in [6, 6.07) is 72.5. The van der Waals surface area contributed by atoms with Gasteiger partial charge in [-0.05, 0) is 27.8 Å². The van der Waals surface area contributed by atoms with E-state index in [-0.39, 0.29) is 5.41 Å². The zero-order valence-corrected chi connectivity index (χ0v) is 39.6. The van der Waals surface area contributed by atoms with Crippen LogP contribution in [0.25, 0.3) is 61.1 Å². The monoisotopic (exact) mass is 1050 g/mol. The molecule has 0 fully saturated rings. The quantitative estimate of drug-likeness (QED) is 0.142. The van der Waals surface area contributed by atoms with E-state index in [1.807, 2.05) is 24.4 Å². The van der Waals surface area contributed by atoms with Crippen LogP contribution in [0.2, 0.25) is 0 Å². The molecule has 11 aromatic rings. The van der Waals surface area contributed by atoms with Gasteiger partial charge in [-0.3, -0.25) is 0 Å². The molecule has 0 N–H and O–H groups in total. The molecular formula is C61H46N4OPt-2. The molecule has 5 nitrogen and oxygen atoms in total. The minimum Gasteiger partial charge on any atom is -0.0622 e. The van der Waals surface area contributed by atoms with Crippen molar-refractivity contribution in [1.29, 1.82) is 0 Å². The van der Waals surface area contributed by atoms with Gasteiger partial charge in [0.05, 0.1) is 0 Å². The Balaban J connectivity index is 0.976. The first-order valence-corrected chi connectivity index (χ1v) is 24.2. The van der Waals surface area contributed by atoms with E-state index in [2.05, 4.69) is 229 Å². The summed E-state index contributed by atoms with van der Waals surface area (Å²) in [4.78, 5) is 5.27. The number of aromatic nitrogens is 4. The molecule has 4 aliphatic rings. The van der Waals surface area contributed by atoms with Crippen LogP contribution >= 0.6 is 0 Å². The van der Waals surface area contributed by atoms with Crippen LogP contribution in [-0.4, -0.2) is 18.5 Å². The average Bonchev–Trinajstić information content (AvgIpc) is 3.89. The molecule has 0 amide bonds. The second-order valence-corrected chi connectivity index (χ2v) is 19.1. The van der Waals surface area contributed by atoms with E-state index in [4.69, 9.17) is 9.72 Å². The number of rotatable bonds is 8. The number of ether oxygens (including phenoxy) is 1. The van der Waals surface area contributed by atoms with E-state index in [0.717, 1.165) is 79.5 Å². The topological polar surface area (TPSA) is 36.4 Å². The standard InChI is InChI=1S/C61H46N4O.Pt/c1-61(2,48-17-10-5-11-18-48)56-38-60(62-39-55(56)45-15-8-4-9-16-45)65-57-34-29-47(44-13-6-3-7-14-44)35-54(57)53-33-32-52(37-58(53)65)66-51-20-12-19-50(36-51)63-40-59-46-27-25-42-21-23-43(24-22-42)26-30-49(31-28-46)64(59)41-63;/h3-24,28-29,31-35,38-40H,25-27,30H2,1-2H3;/q-2;. The molecule has 0 unspecified atom stereocenters. The molecule has 4 aromatic heterocycles. The van der Waals surface area contributed by atoms with Crippen molar-refractivity contribution < 1.29 is 24.1 Å². The van der Waals surface area contributed by atoms with Crippen LogP contribution in [0.3, 0.4) is 0 Å². The van der Waals surface area contributed by atoms with Crippen molar-refractivity contribution in [2.45, 2.75) is 44.9 Å². The summed E-state index contributed by atoms with van der Waals surface area (Å²) in [5.74, 6) is 2.03. The minimum atomic E-state index is -0.340. The van der Waals surface area contributed by atoms with Crippen molar-refractivity contribution in [2.75, 3.05) is 0 Å². The summed E-state index contributed by atoms with van der Waals surface area (Å²) in [6.45, 7) is 4.61. The van der Waals surface area contributed by atoms with Crippen LogP contribution in [0.15, 0.2) is 194 Å². The molecule has 4 bridgehead atoms. The van der Waals surface area contributed by atoms with Crippen molar-refractivity contribution in [3.05, 3.63) is 244 Å². The van der Waals surface area contributed by atoms with E-state index in [1.165, 1.54) is 44.6 Å². The maximum absolute atomic E-state index is 6.76. The van der Waals surface area contributed by atoms with E-state index < -0.39 is 0 Å². The van der Waals surface area contributed by atoms with Crippen molar-refractivity contribution >= 4 is 27.3 Å². The summed E-state index contributed by atoms with van der Waals surface area (Å²) < 4.78 is 14.8. The van der Waals surface area contributed by atoms with Crippen LogP contribution < -0.4 is 4.74 Å². The van der Waals surface area contributed by atoms with Gasteiger partial charge in [-0.15, -0.1) is 0 Å². The number of benzene rings is 7. The fourth-order valence-corrected chi connectivity index (χ4v) is 11.0. The smallest absolute Gasteiger partial charge is 0.0622 e. The number of hydrogen-bond donors (Lipinski definition) is 0. The Morgan fingerprint density at radius 3 is 2.04 bits per heavy atom. The molecule has 0 spiro atoms. The van der Waals surface area contributed by atoms with Crippen LogP contribution in [0.4, 0.5) is 0 Å². The van der Waals surface area contributed by atoms with Gasteiger partial charge in [-0.25, -0.2) is 0 Å². The van der Waals surface area contributed by atoms with Gasteiger partial charge in [0.1, 0.15) is 0 Å². The summed E-state index contributed by atoms with van der Waals surface area (Å²) in [5.41, 5.74) is 16.1. The molecule has 7 aromatic carbocycles. The normalized spacial score (nSPS) is 12.8. The molecule has 0 radical (unpaired) electrons. The van der Waals surface area contributed by atoms with Crippen molar-refractivity contribution in [2.24, 2.45) is 0 Å². The molecule has 2 aliphatic heterocycles. The Labute approximate surface area is 401 Å². The first kappa shape index (κ1) is 41.1. The van der Waals surface area contributed by atoms with E-state index >= 15 is 0 Å². The molecule has 67 heavy (non-hydrogen) atoms. The van der Waals surface area contributed by atoms with Gasteiger partial charge in [0.2, 0.25) is 0 Å². The summed E-state index contributed by atoms with van der Waals surface area (Å²) in [7, 11) is 0. The van der Waals surface area contributed by atoms with Crippen LogP contribution in [0, 0.1) is 15.9 Å². The SMILES string of the molecule is CC(C)(c1ccccc1)c1cc(-n2c3[c-]c(Oc4[c-]c(-n5cc6c7ccc(n6[c]5=[Pt])CCc5ccc(cc5)CC7)ccc4)ccc3c3cc(-c4ccccc4)ccc32)ncc1-c1ccccc1. The molecular weight excluding hydrogens is 1000 g/mol. The number of pyridine rings is 2. The molecule has 0 atom stereocenters. The zero-order valence-electron chi connectivity index (χ0n) is 37.3. The molecule has 6 heterocycles. The summed E-state index contributed by atoms with van der Waals surface area (Å²) >= 11 is 2.48. The third kappa shape index (κ3) is 7.48. The van der Waals surface area contributed by atoms with Gasteiger partial charge in [0.25, 0.3) is 0 Å². The van der Waals surface area contributed by atoms with E-state index in [1.54, 1.807) is 0 Å². The molecule has 328 valence electrons. The molecule has 6 heteroatoms. The van der Waals surface area contributed by atoms with Crippen LogP contribution in [0.1, 0.15) is 47.4 Å². The molecule has 2 aliphatic carbocycles. The van der Waals surface area contributed by atoms with E-state index in [9.17, 15) is 0 Å². The van der Waals surface area contributed by atoms with Gasteiger partial charge in [-0.1, -0.05) is 111 Å². The van der Waals surface area contributed by atoms with Crippen molar-refractivity contribution in [3.8, 4) is 45.3 Å². The zero-order chi connectivity index (χ0) is 45.1. The number of aryl methyl sites for hydroxylation is 4. The second-order valence-electron chi connectivity index (χ2n) is 18.1. The molecule has 15 rings (SSSR count). The van der Waals surface area contributed by atoms with Crippen LogP contribution in [0.5, 0.6) is 11.5 Å². The summed E-state index contributed by atoms with van der Waals surface area (Å²) in [6.07, 6.45) is 8.24. The number of nitrogens with zero attached hydrogens (tertiary/aromatic N) is 4. The molecule has 0 saturated carbocycles. The molecule has 0 saturated heterocycles. The fraction of sp³-hybridized carbons (Fsp3) is 0.115. The van der Waals surface area contributed by atoms with Gasteiger partial charge >= 0.3 is 248 Å². The van der Waals surface area contributed by atoms with E-state index in [0.29, 0.717) is 11.5 Å². The Bertz CT molecular complexity index is 3700. The Hall–Kier alpha value is -7.33. The van der Waals surface area contributed by atoms with Gasteiger partial charge in [0.15, 0.2) is 0 Å². The Morgan fingerprint density at radius 1 is 0.582 bits per heavy atom. The number of fused-ring (bicyclic) bond motifs is 3. The summed E-state index contributed by atoms with van der Waals surface area (Å²) in [5, 5.41) is 2.19. The predicted molar refractivity (Wildman–Crippen MR) is 267 cm³/mol. The third-order valence-electron chi connectivity index (χ3n) is 13.7. The number of imidazole rings is 1. The number of hydrogen-bond acceptors (Lipinski definition) is 2. The third-order valence-corrected chi connectivity index (χ3v) is 14.7. The van der Waals surface area contributed by atoms with Gasteiger partial charge in [0, 0.05) is 17.2 Å². The Morgan fingerprint density at radius 2 is 1.28 bits per heavy atom. The van der Waals surface area contributed by atoms with Crippen molar-refractivity contribution in [3.63, 3.8) is 0 Å². The second kappa shape index (κ2) is 16.8. The van der Waals surface area contributed by atoms with Gasteiger partial charge < -0.3 is 0 Å². The average molecular weight is 1050 g/mol. The minimum absolute atomic E-state index is 0.340. The Kier molecular flexibility index (Phi) is 10.3. The first-order valence-electron chi connectivity index (χ1n) is 23.0. The predicted octanol–water partition coefficient (Wildman–Crippen LogP) is 14.2. The first-order chi connectivity index (χ1) is 32.9. The van der Waals surface area contributed by atoms with Crippen molar-refractivity contribution in [1.82, 2.24) is 18.5 Å². The van der Waals surface area contributed by atoms with Gasteiger partial charge in [-0.2, -0.15) is 0 Å². The maximum atomic E-state index is 6.76.